The van der Waals surface area contributed by atoms with Gasteiger partial charge in [-0.15, -0.1) is 0 Å². The number of benzene rings is 3. The number of carbonyl (C=O) groups is 1. The highest BCUT2D eigenvalue weighted by Crippen LogP contribution is 2.37. The minimum absolute atomic E-state index is 0.163. The number of aryl methyl sites for hydroxylation is 3. The highest BCUT2D eigenvalue weighted by Gasteiger charge is 2.24. The van der Waals surface area contributed by atoms with Crippen molar-refractivity contribution in [2.75, 3.05) is 11.0 Å². The summed E-state index contributed by atoms with van der Waals surface area (Å²) < 4.78 is 34.5. The molecule has 3 aromatic carbocycles. The van der Waals surface area contributed by atoms with Gasteiger partial charge in [-0.05, 0) is 56.9 Å². The van der Waals surface area contributed by atoms with Crippen LogP contribution in [-0.2, 0) is 10.0 Å². The van der Waals surface area contributed by atoms with Crippen molar-refractivity contribution in [2.45, 2.75) is 30.8 Å². The van der Waals surface area contributed by atoms with E-state index >= 15 is 0 Å². The monoisotopic (exact) mass is 465 g/mol. The van der Waals surface area contributed by atoms with E-state index in [1.165, 1.54) is 11.8 Å². The van der Waals surface area contributed by atoms with Crippen molar-refractivity contribution in [1.29, 1.82) is 0 Å². The van der Waals surface area contributed by atoms with Gasteiger partial charge in [0, 0.05) is 10.9 Å². The molecule has 4 rings (SSSR count). The summed E-state index contributed by atoms with van der Waals surface area (Å²) in [5.74, 6) is -0.163. The van der Waals surface area contributed by atoms with Crippen LogP contribution in [0.5, 0.6) is 0 Å². The maximum absolute atomic E-state index is 13.3. The average Bonchev–Trinajstić information content (AvgIpc) is 3.11. The molecule has 7 heteroatoms. The molecule has 1 heterocycles. The second kappa shape index (κ2) is 8.48. The maximum atomic E-state index is 13.3. The number of fused-ring (bicyclic) bond motifs is 1. The number of furan rings is 1. The van der Waals surface area contributed by atoms with Gasteiger partial charge in [-0.3, -0.25) is 9.52 Å². The van der Waals surface area contributed by atoms with E-state index in [4.69, 9.17) is 4.42 Å². The molecule has 0 saturated heterocycles. The average molecular weight is 466 g/mol. The van der Waals surface area contributed by atoms with Crippen molar-refractivity contribution in [3.63, 3.8) is 0 Å². The molecule has 5 nitrogen and oxygen atoms in total. The van der Waals surface area contributed by atoms with Crippen LogP contribution >= 0.6 is 11.8 Å². The van der Waals surface area contributed by atoms with Crippen LogP contribution in [0.15, 0.2) is 75.1 Å². The molecule has 0 saturated carbocycles. The fraction of sp³-hybridized carbons (Fsp3) is 0.160. The first-order chi connectivity index (χ1) is 15.2. The highest BCUT2D eigenvalue weighted by atomic mass is 32.2. The summed E-state index contributed by atoms with van der Waals surface area (Å²) in [5, 5.41) is 1.08. The molecule has 0 bridgehead atoms. The molecule has 0 unspecified atom stereocenters. The zero-order valence-electron chi connectivity index (χ0n) is 18.2. The molecular weight excluding hydrogens is 442 g/mol. The Morgan fingerprint density at radius 1 is 0.906 bits per heavy atom. The molecular formula is C25H23NO4S2. The number of sulfonamides is 1. The third-order valence-corrected chi connectivity index (χ3v) is 7.34. The SMILES string of the molecule is CSc1oc2cc(C)c(NS(=O)(=O)c3ccc(C)cc3)cc2c1C(=O)c1ccc(C)cc1. The number of carbonyl (C=O) groups excluding carboxylic acids is 1. The lowest BCUT2D eigenvalue weighted by Gasteiger charge is -2.11. The standard InChI is InChI=1S/C25H23NO4S2/c1-15-5-9-18(10-6-15)24(27)23-20-14-21(17(3)13-22(20)30-25(23)31-4)26-32(28,29)19-11-7-16(2)8-12-19/h5-14,26H,1-4H3. The summed E-state index contributed by atoms with van der Waals surface area (Å²) in [4.78, 5) is 13.5. The molecule has 0 aliphatic carbocycles. The largest absolute Gasteiger partial charge is 0.449 e. The van der Waals surface area contributed by atoms with Crippen molar-refractivity contribution >= 4 is 44.2 Å². The van der Waals surface area contributed by atoms with Crippen LogP contribution in [0.4, 0.5) is 5.69 Å². The Morgan fingerprint density at radius 2 is 1.50 bits per heavy atom. The van der Waals surface area contributed by atoms with Crippen molar-refractivity contribution in [2.24, 2.45) is 0 Å². The number of nitrogens with one attached hydrogen (secondary N) is 1. The lowest BCUT2D eigenvalue weighted by atomic mass is 10.0. The van der Waals surface area contributed by atoms with Gasteiger partial charge < -0.3 is 4.42 Å². The molecule has 0 radical (unpaired) electrons. The van der Waals surface area contributed by atoms with Gasteiger partial charge in [0.15, 0.2) is 10.9 Å². The van der Waals surface area contributed by atoms with E-state index in [1.54, 1.807) is 55.5 Å². The van der Waals surface area contributed by atoms with E-state index < -0.39 is 10.0 Å². The summed E-state index contributed by atoms with van der Waals surface area (Å²) >= 11 is 1.34. The smallest absolute Gasteiger partial charge is 0.261 e. The van der Waals surface area contributed by atoms with Crippen LogP contribution in [0, 0.1) is 20.8 Å². The second-order valence-corrected chi connectivity index (χ2v) is 10.2. The van der Waals surface area contributed by atoms with Gasteiger partial charge in [-0.2, -0.15) is 0 Å². The Morgan fingerprint density at radius 3 is 2.09 bits per heavy atom. The number of rotatable bonds is 6. The third kappa shape index (κ3) is 4.18. The minimum atomic E-state index is -3.78. The normalized spacial score (nSPS) is 11.6. The predicted molar refractivity (Wildman–Crippen MR) is 129 cm³/mol. The lowest BCUT2D eigenvalue weighted by Crippen LogP contribution is -2.13. The molecule has 0 atom stereocenters. The topological polar surface area (TPSA) is 76.4 Å². The van der Waals surface area contributed by atoms with E-state index in [-0.39, 0.29) is 10.7 Å². The Balaban J connectivity index is 1.81. The van der Waals surface area contributed by atoms with E-state index in [1.807, 2.05) is 32.2 Å². The Labute approximate surface area is 191 Å². The first-order valence-electron chi connectivity index (χ1n) is 10.0. The summed E-state index contributed by atoms with van der Waals surface area (Å²) in [6.45, 7) is 5.66. The molecule has 0 amide bonds. The Hall–Kier alpha value is -3.03. The second-order valence-electron chi connectivity index (χ2n) is 7.75. The summed E-state index contributed by atoms with van der Waals surface area (Å²) in [7, 11) is -3.78. The summed E-state index contributed by atoms with van der Waals surface area (Å²) in [6, 6.07) is 17.4. The van der Waals surface area contributed by atoms with Crippen molar-refractivity contribution in [3.8, 4) is 0 Å². The van der Waals surface area contributed by atoms with Gasteiger partial charge in [0.1, 0.15) is 5.58 Å². The molecule has 32 heavy (non-hydrogen) atoms. The number of hydrogen-bond donors (Lipinski definition) is 1. The molecule has 0 aliphatic heterocycles. The van der Waals surface area contributed by atoms with Crippen molar-refractivity contribution in [1.82, 2.24) is 0 Å². The number of ketones is 1. The minimum Gasteiger partial charge on any atom is -0.449 e. The van der Waals surface area contributed by atoms with E-state index in [9.17, 15) is 13.2 Å². The molecule has 4 aromatic rings. The fourth-order valence-corrected chi connectivity index (χ4v) is 5.16. The molecule has 0 fully saturated rings. The van der Waals surface area contributed by atoms with Gasteiger partial charge in [0.05, 0.1) is 16.1 Å². The van der Waals surface area contributed by atoms with Crippen LogP contribution in [0.3, 0.4) is 0 Å². The van der Waals surface area contributed by atoms with Crippen molar-refractivity contribution < 1.29 is 17.6 Å². The Kier molecular flexibility index (Phi) is 5.88. The lowest BCUT2D eigenvalue weighted by molar-refractivity contribution is 0.103. The number of hydrogen-bond acceptors (Lipinski definition) is 5. The molecule has 0 aliphatic rings. The molecule has 164 valence electrons. The van der Waals surface area contributed by atoms with Crippen LogP contribution in [0.25, 0.3) is 11.0 Å². The van der Waals surface area contributed by atoms with Crippen LogP contribution in [0.2, 0.25) is 0 Å². The first-order valence-corrected chi connectivity index (χ1v) is 12.7. The van der Waals surface area contributed by atoms with Gasteiger partial charge in [-0.25, -0.2) is 8.42 Å². The van der Waals surface area contributed by atoms with E-state index in [2.05, 4.69) is 4.72 Å². The highest BCUT2D eigenvalue weighted by molar-refractivity contribution is 7.98. The van der Waals surface area contributed by atoms with Crippen molar-refractivity contribution in [3.05, 3.63) is 88.5 Å². The van der Waals surface area contributed by atoms with Crippen LogP contribution < -0.4 is 4.72 Å². The third-order valence-electron chi connectivity index (χ3n) is 5.30. The zero-order chi connectivity index (χ0) is 23.0. The molecule has 1 aromatic heterocycles. The number of anilines is 1. The Bertz CT molecular complexity index is 1420. The zero-order valence-corrected chi connectivity index (χ0v) is 19.9. The summed E-state index contributed by atoms with van der Waals surface area (Å²) in [6.07, 6.45) is 1.84. The van der Waals surface area contributed by atoms with Gasteiger partial charge in [0.2, 0.25) is 0 Å². The number of thioether (sulfide) groups is 1. The first kappa shape index (κ1) is 22.2. The van der Waals surface area contributed by atoms with Gasteiger partial charge in [0.25, 0.3) is 10.0 Å². The van der Waals surface area contributed by atoms with Crippen LogP contribution in [-0.4, -0.2) is 20.5 Å². The predicted octanol–water partition coefficient (Wildman–Crippen LogP) is 6.11. The maximum Gasteiger partial charge on any atom is 0.261 e. The molecule has 1 N–H and O–H groups in total. The van der Waals surface area contributed by atoms with Gasteiger partial charge >= 0.3 is 0 Å². The summed E-state index contributed by atoms with van der Waals surface area (Å²) in [5.41, 5.74) is 4.67. The van der Waals surface area contributed by atoms with E-state index in [0.29, 0.717) is 38.4 Å². The van der Waals surface area contributed by atoms with E-state index in [0.717, 1.165) is 11.1 Å². The van der Waals surface area contributed by atoms with Gasteiger partial charge in [-0.1, -0.05) is 59.3 Å². The molecule has 0 spiro atoms. The fourth-order valence-electron chi connectivity index (χ4n) is 3.46. The van der Waals surface area contributed by atoms with Crippen LogP contribution in [0.1, 0.15) is 32.6 Å². The quantitative estimate of drug-likeness (QED) is 0.275.